The number of carbonyl (C=O) groups is 2. The molecule has 5 heteroatoms. The molecule has 1 unspecified atom stereocenters. The minimum atomic E-state index is -0.615. The number of hydrogen-bond donors (Lipinski definition) is 1. The second kappa shape index (κ2) is 12.3. The van der Waals surface area contributed by atoms with Gasteiger partial charge in [-0.15, -0.1) is 0 Å². The lowest BCUT2D eigenvalue weighted by molar-refractivity contribution is -0.147. The van der Waals surface area contributed by atoms with Crippen LogP contribution in [0.4, 0.5) is 4.79 Å². The lowest BCUT2D eigenvalue weighted by Gasteiger charge is -2.18. The van der Waals surface area contributed by atoms with E-state index in [-0.39, 0.29) is 17.8 Å². The number of unbranched alkanes of at least 4 members (excludes halogenated alkanes) is 3. The van der Waals surface area contributed by atoms with E-state index in [2.05, 4.69) is 12.2 Å². The van der Waals surface area contributed by atoms with Crippen molar-refractivity contribution in [1.82, 2.24) is 5.32 Å². The largest absolute Gasteiger partial charge is 0.464 e. The molecule has 0 rings (SSSR count). The van der Waals surface area contributed by atoms with Crippen molar-refractivity contribution in [2.45, 2.75) is 72.8 Å². The van der Waals surface area contributed by atoms with E-state index in [0.717, 1.165) is 25.7 Å². The molecule has 1 atom stereocenters. The Morgan fingerprint density at radius 2 is 1.50 bits per heavy atom. The zero-order valence-corrected chi connectivity index (χ0v) is 14.8. The third kappa shape index (κ3) is 11.4. The lowest BCUT2D eigenvalue weighted by Crippen LogP contribution is -2.42. The molecule has 1 N–H and O–H groups in total. The third-order valence-corrected chi connectivity index (χ3v) is 3.03. The number of alkyl carbamates (subject to hydrolysis) is 1. The van der Waals surface area contributed by atoms with Gasteiger partial charge in [-0.3, -0.25) is 0 Å². The Kier molecular flexibility index (Phi) is 11.6. The van der Waals surface area contributed by atoms with Gasteiger partial charge >= 0.3 is 12.1 Å². The molecule has 130 valence electrons. The summed E-state index contributed by atoms with van der Waals surface area (Å²) in [5, 5.41) is 2.64. The van der Waals surface area contributed by atoms with E-state index in [1.54, 1.807) is 0 Å². The SMILES string of the molecule is CCCCCCC(NC(=O)OCC(C)C)C(=O)OCC(C)C. The molecule has 0 aliphatic rings. The second-order valence-corrected chi connectivity index (χ2v) is 6.56. The van der Waals surface area contributed by atoms with E-state index in [1.165, 1.54) is 0 Å². The Bertz CT molecular complexity index is 316. The van der Waals surface area contributed by atoms with Gasteiger partial charge in [0.15, 0.2) is 0 Å². The summed E-state index contributed by atoms with van der Waals surface area (Å²) in [7, 11) is 0. The van der Waals surface area contributed by atoms with E-state index in [0.29, 0.717) is 19.6 Å². The topological polar surface area (TPSA) is 64.6 Å². The van der Waals surface area contributed by atoms with Crippen LogP contribution in [0.5, 0.6) is 0 Å². The molecule has 0 aliphatic carbocycles. The van der Waals surface area contributed by atoms with Gasteiger partial charge in [0.25, 0.3) is 0 Å². The van der Waals surface area contributed by atoms with Crippen molar-refractivity contribution in [2.24, 2.45) is 11.8 Å². The minimum absolute atomic E-state index is 0.265. The van der Waals surface area contributed by atoms with Gasteiger partial charge in [0, 0.05) is 0 Å². The first-order chi connectivity index (χ1) is 10.4. The predicted octanol–water partition coefficient (Wildman–Crippen LogP) is 3.91. The van der Waals surface area contributed by atoms with E-state index in [9.17, 15) is 9.59 Å². The van der Waals surface area contributed by atoms with Crippen molar-refractivity contribution in [3.8, 4) is 0 Å². The summed E-state index contributed by atoms with van der Waals surface area (Å²) in [5.41, 5.74) is 0. The molecular weight excluding hydrogens is 282 g/mol. The van der Waals surface area contributed by atoms with Gasteiger partial charge in [-0.1, -0.05) is 60.3 Å². The first-order valence-corrected chi connectivity index (χ1v) is 8.46. The van der Waals surface area contributed by atoms with Crippen molar-refractivity contribution < 1.29 is 19.1 Å². The molecule has 0 aromatic rings. The van der Waals surface area contributed by atoms with Crippen molar-refractivity contribution in [3.63, 3.8) is 0 Å². The van der Waals surface area contributed by atoms with Crippen LogP contribution in [0.25, 0.3) is 0 Å². The Balaban J connectivity index is 4.36. The van der Waals surface area contributed by atoms with Gasteiger partial charge in [-0.2, -0.15) is 0 Å². The average Bonchev–Trinajstić information content (AvgIpc) is 2.45. The number of hydrogen-bond acceptors (Lipinski definition) is 4. The number of rotatable bonds is 11. The molecule has 5 nitrogen and oxygen atoms in total. The summed E-state index contributed by atoms with van der Waals surface area (Å²) in [5.74, 6) is 0.172. The highest BCUT2D eigenvalue weighted by Gasteiger charge is 2.23. The van der Waals surface area contributed by atoms with Crippen molar-refractivity contribution in [1.29, 1.82) is 0 Å². The van der Waals surface area contributed by atoms with Gasteiger partial charge in [-0.05, 0) is 18.3 Å². The average molecular weight is 315 g/mol. The maximum Gasteiger partial charge on any atom is 0.407 e. The van der Waals surface area contributed by atoms with Crippen LogP contribution < -0.4 is 5.32 Å². The molecule has 0 saturated heterocycles. The summed E-state index contributed by atoms with van der Waals surface area (Å²) in [6.45, 7) is 10.7. The van der Waals surface area contributed by atoms with Crippen molar-refractivity contribution in [3.05, 3.63) is 0 Å². The van der Waals surface area contributed by atoms with Crippen molar-refractivity contribution >= 4 is 12.1 Å². The van der Waals surface area contributed by atoms with Crippen LogP contribution in [0.15, 0.2) is 0 Å². The van der Waals surface area contributed by atoms with E-state index >= 15 is 0 Å². The fraction of sp³-hybridized carbons (Fsp3) is 0.882. The number of amides is 1. The molecule has 0 fully saturated rings. The normalized spacial score (nSPS) is 12.3. The van der Waals surface area contributed by atoms with Crippen LogP contribution in [-0.2, 0) is 14.3 Å². The monoisotopic (exact) mass is 315 g/mol. The van der Waals surface area contributed by atoms with Crippen LogP contribution in [0, 0.1) is 11.8 Å². The first-order valence-electron chi connectivity index (χ1n) is 8.46. The molecule has 0 aliphatic heterocycles. The van der Waals surface area contributed by atoms with Crippen LogP contribution in [-0.4, -0.2) is 31.3 Å². The molecule has 0 radical (unpaired) electrons. The highest BCUT2D eigenvalue weighted by Crippen LogP contribution is 2.08. The fourth-order valence-electron chi connectivity index (χ4n) is 1.80. The number of nitrogens with one attached hydrogen (secondary N) is 1. The summed E-state index contributed by atoms with van der Waals surface area (Å²) < 4.78 is 10.3. The Morgan fingerprint density at radius 3 is 2.05 bits per heavy atom. The Morgan fingerprint density at radius 1 is 0.909 bits per heavy atom. The lowest BCUT2D eigenvalue weighted by atomic mass is 10.1. The van der Waals surface area contributed by atoms with E-state index < -0.39 is 12.1 Å². The zero-order valence-electron chi connectivity index (χ0n) is 14.8. The minimum Gasteiger partial charge on any atom is -0.464 e. The third-order valence-electron chi connectivity index (χ3n) is 3.03. The van der Waals surface area contributed by atoms with Gasteiger partial charge < -0.3 is 14.8 Å². The van der Waals surface area contributed by atoms with Gasteiger partial charge in [0.2, 0.25) is 0 Å². The highest BCUT2D eigenvalue weighted by molar-refractivity contribution is 5.81. The molecule has 22 heavy (non-hydrogen) atoms. The standard InChI is InChI=1S/C17H33NO4/c1-6-7-8-9-10-15(16(19)21-11-13(2)3)18-17(20)22-12-14(4)5/h13-15H,6-12H2,1-5H3,(H,18,20). The van der Waals surface area contributed by atoms with Crippen LogP contribution in [0.1, 0.15) is 66.7 Å². The van der Waals surface area contributed by atoms with Gasteiger partial charge in [-0.25, -0.2) is 9.59 Å². The maximum atomic E-state index is 12.1. The molecule has 0 bridgehead atoms. The fourth-order valence-corrected chi connectivity index (χ4v) is 1.80. The van der Waals surface area contributed by atoms with E-state index in [4.69, 9.17) is 9.47 Å². The molecule has 0 heterocycles. The Labute approximate surface area is 135 Å². The quantitative estimate of drug-likeness (QED) is 0.464. The smallest absolute Gasteiger partial charge is 0.407 e. The predicted molar refractivity (Wildman–Crippen MR) is 87.7 cm³/mol. The highest BCUT2D eigenvalue weighted by atomic mass is 16.6. The Hall–Kier alpha value is -1.26. The van der Waals surface area contributed by atoms with E-state index in [1.807, 2.05) is 27.7 Å². The summed E-state index contributed by atoms with van der Waals surface area (Å²) >= 11 is 0. The second-order valence-electron chi connectivity index (χ2n) is 6.56. The molecule has 0 aromatic heterocycles. The zero-order chi connectivity index (χ0) is 17.0. The molecule has 1 amide bonds. The molecule has 0 saturated carbocycles. The first kappa shape index (κ1) is 20.7. The molecule has 0 aromatic carbocycles. The number of ether oxygens (including phenoxy) is 2. The summed E-state index contributed by atoms with van der Waals surface area (Å²) in [6.07, 6.45) is 4.24. The van der Waals surface area contributed by atoms with Gasteiger partial charge in [0.05, 0.1) is 13.2 Å². The summed E-state index contributed by atoms with van der Waals surface area (Å²) in [4.78, 5) is 23.8. The molecular formula is C17H33NO4. The van der Waals surface area contributed by atoms with Crippen LogP contribution in [0.3, 0.4) is 0 Å². The summed E-state index contributed by atoms with van der Waals surface area (Å²) in [6, 6.07) is -0.615. The van der Waals surface area contributed by atoms with Crippen LogP contribution >= 0.6 is 0 Å². The molecule has 0 spiro atoms. The number of carbonyl (C=O) groups excluding carboxylic acids is 2. The van der Waals surface area contributed by atoms with Gasteiger partial charge in [0.1, 0.15) is 6.04 Å². The van der Waals surface area contributed by atoms with Crippen LogP contribution in [0.2, 0.25) is 0 Å². The van der Waals surface area contributed by atoms with Crippen molar-refractivity contribution in [2.75, 3.05) is 13.2 Å². The maximum absolute atomic E-state index is 12.1. The number of esters is 1.